The van der Waals surface area contributed by atoms with Crippen molar-refractivity contribution in [1.82, 2.24) is 4.90 Å². The van der Waals surface area contributed by atoms with E-state index in [0.29, 0.717) is 5.84 Å². The Morgan fingerprint density at radius 3 is 2.41 bits per heavy atom. The fourth-order valence-electron chi connectivity index (χ4n) is 2.30. The molecular weight excluding hydrogens is 294 g/mol. The second-order valence-corrected chi connectivity index (χ2v) is 5.42. The highest BCUT2D eigenvalue weighted by Crippen LogP contribution is 2.21. The molecule has 4 heteroatoms. The summed E-state index contributed by atoms with van der Waals surface area (Å²) in [5.41, 5.74) is 9.13. The van der Waals surface area contributed by atoms with Crippen molar-refractivity contribution in [3.8, 4) is 0 Å². The van der Waals surface area contributed by atoms with Crippen molar-refractivity contribution in [3.63, 3.8) is 0 Å². The summed E-state index contributed by atoms with van der Waals surface area (Å²) in [4.78, 5) is 6.78. The standard InChI is InChI=1S/C18H22ClN3/c1-2-22(13-15-8-4-3-5-9-15)14-16-10-6-7-11-17(16)21-18(20)12-19/h3-11H,2,12-14H2,1H3,(H2,20,21). The number of halogens is 1. The Bertz CT molecular complexity index is 611. The summed E-state index contributed by atoms with van der Waals surface area (Å²) in [5.74, 6) is 0.691. The van der Waals surface area contributed by atoms with Gasteiger partial charge in [0.1, 0.15) is 5.84 Å². The lowest BCUT2D eigenvalue weighted by atomic mass is 10.1. The van der Waals surface area contributed by atoms with Crippen molar-refractivity contribution in [2.75, 3.05) is 12.4 Å². The molecular formula is C18H22ClN3. The maximum atomic E-state index is 5.77. The van der Waals surface area contributed by atoms with Gasteiger partial charge in [0.2, 0.25) is 0 Å². The Kier molecular flexibility index (Phi) is 6.44. The van der Waals surface area contributed by atoms with Crippen molar-refractivity contribution < 1.29 is 0 Å². The smallest absolute Gasteiger partial charge is 0.115 e. The van der Waals surface area contributed by atoms with Crippen LogP contribution in [0.4, 0.5) is 5.69 Å². The first-order chi connectivity index (χ1) is 10.7. The van der Waals surface area contributed by atoms with Gasteiger partial charge in [-0.2, -0.15) is 0 Å². The third-order valence-corrected chi connectivity index (χ3v) is 3.76. The van der Waals surface area contributed by atoms with E-state index in [2.05, 4.69) is 47.1 Å². The monoisotopic (exact) mass is 315 g/mol. The van der Waals surface area contributed by atoms with E-state index < -0.39 is 0 Å². The Hall–Kier alpha value is -1.84. The first-order valence-corrected chi connectivity index (χ1v) is 7.99. The normalized spacial score (nSPS) is 11.9. The highest BCUT2D eigenvalue weighted by molar-refractivity contribution is 6.28. The van der Waals surface area contributed by atoms with E-state index in [-0.39, 0.29) is 5.88 Å². The van der Waals surface area contributed by atoms with Gasteiger partial charge in [0, 0.05) is 13.1 Å². The number of nitrogens with two attached hydrogens (primary N) is 1. The summed E-state index contributed by atoms with van der Waals surface area (Å²) in [6.45, 7) is 4.89. The van der Waals surface area contributed by atoms with Crippen LogP contribution in [-0.4, -0.2) is 23.2 Å². The van der Waals surface area contributed by atoms with Crippen LogP contribution in [0.1, 0.15) is 18.1 Å². The first kappa shape index (κ1) is 16.5. The summed E-state index contributed by atoms with van der Waals surface area (Å²) < 4.78 is 0. The minimum atomic E-state index is 0.246. The molecule has 0 saturated carbocycles. The Balaban J connectivity index is 2.14. The molecule has 0 heterocycles. The molecule has 2 aromatic carbocycles. The van der Waals surface area contributed by atoms with Gasteiger partial charge in [0.05, 0.1) is 11.6 Å². The molecule has 0 amide bonds. The summed E-state index contributed by atoms with van der Waals surface area (Å²) >= 11 is 5.73. The fraction of sp³-hybridized carbons (Fsp3) is 0.278. The van der Waals surface area contributed by atoms with Gasteiger partial charge in [-0.1, -0.05) is 55.5 Å². The molecule has 3 nitrogen and oxygen atoms in total. The summed E-state index contributed by atoms with van der Waals surface area (Å²) in [5, 5.41) is 0. The fourth-order valence-corrected chi connectivity index (χ4v) is 2.36. The van der Waals surface area contributed by atoms with Crippen molar-refractivity contribution in [3.05, 3.63) is 65.7 Å². The van der Waals surface area contributed by atoms with Crippen LogP contribution < -0.4 is 5.73 Å². The van der Waals surface area contributed by atoms with E-state index in [9.17, 15) is 0 Å². The van der Waals surface area contributed by atoms with Crippen LogP contribution >= 0.6 is 11.6 Å². The van der Waals surface area contributed by atoms with Gasteiger partial charge in [-0.05, 0) is 23.7 Å². The largest absolute Gasteiger partial charge is 0.386 e. The number of hydrogen-bond acceptors (Lipinski definition) is 2. The van der Waals surface area contributed by atoms with Crippen LogP contribution in [0.15, 0.2) is 59.6 Å². The molecule has 2 rings (SSSR count). The van der Waals surface area contributed by atoms with Gasteiger partial charge in [0.25, 0.3) is 0 Å². The molecule has 0 bridgehead atoms. The molecule has 0 atom stereocenters. The first-order valence-electron chi connectivity index (χ1n) is 7.46. The zero-order valence-electron chi connectivity index (χ0n) is 12.9. The van der Waals surface area contributed by atoms with Crippen molar-refractivity contribution in [2.45, 2.75) is 20.0 Å². The Morgan fingerprint density at radius 2 is 1.73 bits per heavy atom. The quantitative estimate of drug-likeness (QED) is 0.478. The number of amidine groups is 1. The highest BCUT2D eigenvalue weighted by atomic mass is 35.5. The van der Waals surface area contributed by atoms with Gasteiger partial charge < -0.3 is 5.73 Å². The zero-order valence-corrected chi connectivity index (χ0v) is 13.6. The van der Waals surface area contributed by atoms with E-state index in [1.807, 2.05) is 24.3 Å². The lowest BCUT2D eigenvalue weighted by Crippen LogP contribution is -2.22. The van der Waals surface area contributed by atoms with Crippen LogP contribution in [0, 0.1) is 0 Å². The van der Waals surface area contributed by atoms with E-state index in [1.54, 1.807) is 0 Å². The SMILES string of the molecule is CCN(Cc1ccccc1)Cc1ccccc1N=C(N)CCl. The van der Waals surface area contributed by atoms with Crippen LogP contribution in [0.2, 0.25) is 0 Å². The van der Waals surface area contributed by atoms with Gasteiger partial charge in [-0.3, -0.25) is 4.90 Å². The Morgan fingerprint density at radius 1 is 1.05 bits per heavy atom. The summed E-state index contributed by atoms with van der Waals surface area (Å²) in [7, 11) is 0. The van der Waals surface area contributed by atoms with Crippen LogP contribution in [-0.2, 0) is 13.1 Å². The topological polar surface area (TPSA) is 41.6 Å². The lowest BCUT2D eigenvalue weighted by Gasteiger charge is -2.21. The molecule has 0 aliphatic heterocycles. The average molecular weight is 316 g/mol. The molecule has 0 spiro atoms. The van der Waals surface area contributed by atoms with Crippen LogP contribution in [0.3, 0.4) is 0 Å². The molecule has 0 aliphatic rings. The van der Waals surface area contributed by atoms with E-state index in [1.165, 1.54) is 5.56 Å². The highest BCUT2D eigenvalue weighted by Gasteiger charge is 2.08. The van der Waals surface area contributed by atoms with Gasteiger partial charge in [0.15, 0.2) is 0 Å². The number of aliphatic imine (C=N–C) groups is 1. The second-order valence-electron chi connectivity index (χ2n) is 5.15. The minimum absolute atomic E-state index is 0.246. The van der Waals surface area contributed by atoms with E-state index >= 15 is 0 Å². The predicted molar refractivity (Wildman–Crippen MR) is 94.7 cm³/mol. The third-order valence-electron chi connectivity index (χ3n) is 3.48. The molecule has 0 aliphatic carbocycles. The number of alkyl halides is 1. The molecule has 2 N–H and O–H groups in total. The Labute approximate surface area is 137 Å². The molecule has 0 unspecified atom stereocenters. The maximum absolute atomic E-state index is 5.77. The van der Waals surface area contributed by atoms with Crippen molar-refractivity contribution in [2.24, 2.45) is 10.7 Å². The summed E-state index contributed by atoms with van der Waals surface area (Å²) in [6, 6.07) is 18.6. The lowest BCUT2D eigenvalue weighted by molar-refractivity contribution is 0.272. The van der Waals surface area contributed by atoms with E-state index in [0.717, 1.165) is 30.9 Å². The van der Waals surface area contributed by atoms with Gasteiger partial charge >= 0.3 is 0 Å². The molecule has 0 aromatic heterocycles. The average Bonchev–Trinajstić information content (AvgIpc) is 2.56. The number of nitrogens with zero attached hydrogens (tertiary/aromatic N) is 2. The number of benzene rings is 2. The minimum Gasteiger partial charge on any atom is -0.386 e. The maximum Gasteiger partial charge on any atom is 0.115 e. The van der Waals surface area contributed by atoms with Crippen molar-refractivity contribution >= 4 is 23.1 Å². The zero-order chi connectivity index (χ0) is 15.8. The third kappa shape index (κ3) is 4.86. The predicted octanol–water partition coefficient (Wildman–Crippen LogP) is 3.94. The second kappa shape index (κ2) is 8.57. The molecule has 0 fully saturated rings. The molecule has 116 valence electrons. The molecule has 0 saturated heterocycles. The van der Waals surface area contributed by atoms with Crippen LogP contribution in [0.25, 0.3) is 0 Å². The number of rotatable bonds is 7. The van der Waals surface area contributed by atoms with Gasteiger partial charge in [-0.25, -0.2) is 4.99 Å². The molecule has 0 radical (unpaired) electrons. The number of para-hydroxylation sites is 1. The molecule has 22 heavy (non-hydrogen) atoms. The van der Waals surface area contributed by atoms with Crippen molar-refractivity contribution in [1.29, 1.82) is 0 Å². The van der Waals surface area contributed by atoms with E-state index in [4.69, 9.17) is 17.3 Å². The number of hydrogen-bond donors (Lipinski definition) is 1. The molecule has 2 aromatic rings. The summed E-state index contributed by atoms with van der Waals surface area (Å²) in [6.07, 6.45) is 0. The van der Waals surface area contributed by atoms with Gasteiger partial charge in [-0.15, -0.1) is 11.6 Å². The van der Waals surface area contributed by atoms with Crippen LogP contribution in [0.5, 0.6) is 0 Å².